The molecule has 1 aliphatic rings. The predicted octanol–water partition coefficient (Wildman–Crippen LogP) is 3.21. The molecule has 1 aromatic carbocycles. The number of carbonyl (C=O) groups is 1. The highest BCUT2D eigenvalue weighted by molar-refractivity contribution is 8.00. The average Bonchev–Trinajstić information content (AvgIpc) is 2.54. The van der Waals surface area contributed by atoms with Gasteiger partial charge in [0.1, 0.15) is 10.5 Å². The number of benzene rings is 1. The number of methoxy groups -OCH3 is 1. The van der Waals surface area contributed by atoms with Gasteiger partial charge in [0, 0.05) is 18.1 Å². The van der Waals surface area contributed by atoms with E-state index in [0.717, 1.165) is 0 Å². The summed E-state index contributed by atoms with van der Waals surface area (Å²) in [6.45, 7) is 1.14. The Morgan fingerprint density at radius 1 is 1.48 bits per heavy atom. The van der Waals surface area contributed by atoms with Gasteiger partial charge in [-0.1, -0.05) is 11.6 Å². The largest absolute Gasteiger partial charge is 0.496 e. The van der Waals surface area contributed by atoms with Crippen molar-refractivity contribution in [3.8, 4) is 11.8 Å². The minimum Gasteiger partial charge on any atom is -0.496 e. The molecule has 0 radical (unpaired) electrons. The first-order valence-corrected chi connectivity index (χ1v) is 8.25. The van der Waals surface area contributed by atoms with E-state index in [-0.39, 0.29) is 10.7 Å². The maximum atomic E-state index is 12.6. The number of halogens is 1. The first kappa shape index (κ1) is 16.0. The summed E-state index contributed by atoms with van der Waals surface area (Å²) in [6.07, 6.45) is 3.30. The summed E-state index contributed by atoms with van der Waals surface area (Å²) in [5, 5.41) is 9.80. The molecule has 21 heavy (non-hydrogen) atoms. The molecular weight excluding hydrogens is 308 g/mol. The maximum absolute atomic E-state index is 12.6. The third kappa shape index (κ3) is 3.28. The van der Waals surface area contributed by atoms with Crippen LogP contribution in [0.1, 0.15) is 23.2 Å². The van der Waals surface area contributed by atoms with Crippen LogP contribution in [0.2, 0.25) is 5.02 Å². The van der Waals surface area contributed by atoms with Crippen molar-refractivity contribution < 1.29 is 9.53 Å². The van der Waals surface area contributed by atoms with E-state index in [1.165, 1.54) is 7.11 Å². The normalized spacial score (nSPS) is 17.1. The van der Waals surface area contributed by atoms with Crippen LogP contribution in [-0.4, -0.2) is 42.0 Å². The zero-order valence-electron chi connectivity index (χ0n) is 12.1. The number of hydrogen-bond donors (Lipinski definition) is 0. The van der Waals surface area contributed by atoms with Crippen LogP contribution in [0.3, 0.4) is 0 Å². The molecule has 4 nitrogen and oxygen atoms in total. The Bertz CT molecular complexity index is 578. The highest BCUT2D eigenvalue weighted by Crippen LogP contribution is 2.35. The number of rotatable bonds is 3. The number of likely N-dealkylation sites (tertiary alicyclic amines) is 1. The Labute approximate surface area is 134 Å². The summed E-state index contributed by atoms with van der Waals surface area (Å²) in [5.41, 5.74) is 0.471. The lowest BCUT2D eigenvalue weighted by atomic mass is 9.96. The molecule has 1 aliphatic heterocycles. The lowest BCUT2D eigenvalue weighted by Crippen LogP contribution is -2.44. The van der Waals surface area contributed by atoms with Gasteiger partial charge >= 0.3 is 0 Å². The summed E-state index contributed by atoms with van der Waals surface area (Å²) < 4.78 is 4.87. The number of nitrogens with zero attached hydrogens (tertiary/aromatic N) is 2. The Balaban J connectivity index is 2.16. The Kier molecular flexibility index (Phi) is 5.02. The SMILES string of the molecule is COc1ccc(Cl)cc1C(=O)N1CCC(C#N)(SC)CC1. The predicted molar refractivity (Wildman–Crippen MR) is 85.0 cm³/mol. The van der Waals surface area contributed by atoms with Gasteiger partial charge in [-0.15, -0.1) is 11.8 Å². The minimum atomic E-state index is -0.366. The van der Waals surface area contributed by atoms with Crippen molar-refractivity contribution in [3.63, 3.8) is 0 Å². The fourth-order valence-electron chi connectivity index (χ4n) is 2.45. The van der Waals surface area contributed by atoms with Gasteiger partial charge in [-0.3, -0.25) is 4.79 Å². The van der Waals surface area contributed by atoms with Gasteiger partial charge in [0.25, 0.3) is 5.91 Å². The van der Waals surface area contributed by atoms with Crippen molar-refractivity contribution in [2.45, 2.75) is 17.6 Å². The number of ether oxygens (including phenoxy) is 1. The maximum Gasteiger partial charge on any atom is 0.257 e. The number of thioether (sulfide) groups is 1. The third-order valence-electron chi connectivity index (χ3n) is 3.84. The molecule has 0 atom stereocenters. The monoisotopic (exact) mass is 324 g/mol. The Morgan fingerprint density at radius 3 is 2.67 bits per heavy atom. The van der Waals surface area contributed by atoms with Crippen molar-refractivity contribution in [2.24, 2.45) is 0 Å². The molecule has 0 spiro atoms. The molecular formula is C15H17ClN2O2S. The van der Waals surface area contributed by atoms with Crippen molar-refractivity contribution in [3.05, 3.63) is 28.8 Å². The smallest absolute Gasteiger partial charge is 0.257 e. The summed E-state index contributed by atoms with van der Waals surface area (Å²) in [4.78, 5) is 14.4. The van der Waals surface area contributed by atoms with Crippen LogP contribution in [0.5, 0.6) is 5.75 Å². The van der Waals surface area contributed by atoms with E-state index in [9.17, 15) is 10.1 Å². The molecule has 1 fully saturated rings. The van der Waals surface area contributed by atoms with Crippen molar-refractivity contribution in [1.82, 2.24) is 4.90 Å². The van der Waals surface area contributed by atoms with Crippen LogP contribution < -0.4 is 4.74 Å². The van der Waals surface area contributed by atoms with Crippen LogP contribution >= 0.6 is 23.4 Å². The number of carbonyl (C=O) groups excluding carboxylic acids is 1. The lowest BCUT2D eigenvalue weighted by Gasteiger charge is -2.36. The van der Waals surface area contributed by atoms with Crippen LogP contribution in [0.15, 0.2) is 18.2 Å². The van der Waals surface area contributed by atoms with Gasteiger partial charge < -0.3 is 9.64 Å². The van der Waals surface area contributed by atoms with Crippen LogP contribution in [0.4, 0.5) is 0 Å². The molecule has 1 saturated heterocycles. The van der Waals surface area contributed by atoms with Gasteiger partial charge in [-0.05, 0) is 37.3 Å². The molecule has 1 amide bonds. The van der Waals surface area contributed by atoms with Crippen LogP contribution in [0, 0.1) is 11.3 Å². The van der Waals surface area contributed by atoms with Gasteiger partial charge in [0.05, 0.1) is 18.7 Å². The first-order valence-electron chi connectivity index (χ1n) is 6.64. The van der Waals surface area contributed by atoms with Crippen LogP contribution in [-0.2, 0) is 0 Å². The second-order valence-electron chi connectivity index (χ2n) is 4.95. The molecule has 6 heteroatoms. The van der Waals surface area contributed by atoms with E-state index in [0.29, 0.717) is 42.3 Å². The molecule has 112 valence electrons. The second-order valence-corrected chi connectivity index (χ2v) is 6.57. The standard InChI is InChI=1S/C15H17ClN2O2S/c1-20-13-4-3-11(16)9-12(13)14(19)18-7-5-15(10-17,21-2)6-8-18/h3-4,9H,5-8H2,1-2H3. The molecule has 0 bridgehead atoms. The van der Waals surface area contributed by atoms with Crippen molar-refractivity contribution in [2.75, 3.05) is 26.5 Å². The molecule has 0 saturated carbocycles. The number of hydrogen-bond acceptors (Lipinski definition) is 4. The quantitative estimate of drug-likeness (QED) is 0.856. The highest BCUT2D eigenvalue weighted by Gasteiger charge is 2.36. The van der Waals surface area contributed by atoms with Gasteiger partial charge in [0.15, 0.2) is 0 Å². The van der Waals surface area contributed by atoms with E-state index in [1.807, 2.05) is 6.26 Å². The molecule has 2 rings (SSSR count). The van der Waals surface area contributed by atoms with E-state index in [2.05, 4.69) is 6.07 Å². The average molecular weight is 325 g/mol. The zero-order chi connectivity index (χ0) is 15.5. The topological polar surface area (TPSA) is 53.3 Å². The summed E-state index contributed by atoms with van der Waals surface area (Å²) in [7, 11) is 1.53. The number of piperidine rings is 1. The van der Waals surface area contributed by atoms with Gasteiger partial charge in [-0.2, -0.15) is 5.26 Å². The molecule has 0 aliphatic carbocycles. The zero-order valence-corrected chi connectivity index (χ0v) is 13.6. The first-order chi connectivity index (χ1) is 10.0. The van der Waals surface area contributed by atoms with Crippen molar-refractivity contribution in [1.29, 1.82) is 5.26 Å². The van der Waals surface area contributed by atoms with E-state index < -0.39 is 0 Å². The second kappa shape index (κ2) is 6.59. The molecule has 1 aromatic rings. The third-order valence-corrected chi connectivity index (χ3v) is 5.36. The Morgan fingerprint density at radius 2 is 2.14 bits per heavy atom. The minimum absolute atomic E-state index is 0.0954. The Hall–Kier alpha value is -1.38. The summed E-state index contributed by atoms with van der Waals surface area (Å²) in [6, 6.07) is 7.40. The lowest BCUT2D eigenvalue weighted by molar-refractivity contribution is 0.0713. The fraction of sp³-hybridized carbons (Fsp3) is 0.467. The molecule has 0 unspecified atom stereocenters. The van der Waals surface area contributed by atoms with Gasteiger partial charge in [-0.25, -0.2) is 0 Å². The molecule has 1 heterocycles. The number of amides is 1. The summed E-state index contributed by atoms with van der Waals surface area (Å²) in [5.74, 6) is 0.424. The summed E-state index contributed by atoms with van der Waals surface area (Å²) >= 11 is 7.54. The number of nitriles is 1. The van der Waals surface area contributed by atoms with E-state index >= 15 is 0 Å². The molecule has 0 N–H and O–H groups in total. The molecule has 0 aromatic heterocycles. The van der Waals surface area contributed by atoms with Gasteiger partial charge in [0.2, 0.25) is 0 Å². The van der Waals surface area contributed by atoms with Crippen molar-refractivity contribution >= 4 is 29.3 Å². The highest BCUT2D eigenvalue weighted by atomic mass is 35.5. The van der Waals surface area contributed by atoms with Crippen LogP contribution in [0.25, 0.3) is 0 Å². The van der Waals surface area contributed by atoms with E-state index in [1.54, 1.807) is 34.9 Å². The van der Waals surface area contributed by atoms with E-state index in [4.69, 9.17) is 16.3 Å². The fourth-order valence-corrected chi connectivity index (χ4v) is 3.30.